The molecule has 0 saturated carbocycles. The van der Waals surface area contributed by atoms with Crippen molar-refractivity contribution in [3.8, 4) is 28.3 Å². The first-order valence-corrected chi connectivity index (χ1v) is 17.4. The molecule has 0 bridgehead atoms. The molecule has 0 saturated heterocycles. The highest BCUT2D eigenvalue weighted by atomic mass is 15.1. The number of rotatable bonds is 4. The fourth-order valence-corrected chi connectivity index (χ4v) is 8.27. The van der Waals surface area contributed by atoms with E-state index in [-0.39, 0.29) is 0 Å². The summed E-state index contributed by atoms with van der Waals surface area (Å²) in [6.07, 6.45) is 1.86. The van der Waals surface area contributed by atoms with Gasteiger partial charge < -0.3 is 9.13 Å². The van der Waals surface area contributed by atoms with Crippen molar-refractivity contribution in [1.29, 1.82) is 0 Å². The molecule has 11 aromatic rings. The van der Waals surface area contributed by atoms with E-state index in [4.69, 9.17) is 4.98 Å². The average molecular weight is 651 g/mol. The van der Waals surface area contributed by atoms with Crippen molar-refractivity contribution in [3.05, 3.63) is 182 Å². The van der Waals surface area contributed by atoms with Gasteiger partial charge in [0.1, 0.15) is 5.82 Å². The zero-order valence-electron chi connectivity index (χ0n) is 27.6. The first-order valence-electron chi connectivity index (χ1n) is 17.4. The molecule has 0 N–H and O–H groups in total. The second kappa shape index (κ2) is 10.8. The van der Waals surface area contributed by atoms with Gasteiger partial charge in [-0.3, -0.25) is 4.57 Å². The van der Waals surface area contributed by atoms with E-state index in [1.165, 1.54) is 71.2 Å². The van der Waals surface area contributed by atoms with E-state index < -0.39 is 0 Å². The van der Waals surface area contributed by atoms with Gasteiger partial charge in [-0.25, -0.2) is 4.98 Å². The van der Waals surface area contributed by atoms with Crippen LogP contribution in [0.2, 0.25) is 0 Å². The Labute approximate surface area is 293 Å². The van der Waals surface area contributed by atoms with Gasteiger partial charge in [0.2, 0.25) is 0 Å². The molecule has 0 unspecified atom stereocenters. The Morgan fingerprint density at radius 2 is 0.745 bits per heavy atom. The van der Waals surface area contributed by atoms with Gasteiger partial charge in [-0.15, -0.1) is 0 Å². The molecule has 0 spiro atoms. The van der Waals surface area contributed by atoms with Crippen molar-refractivity contribution in [3.63, 3.8) is 0 Å². The molecule has 238 valence electrons. The molecular weight excluding hydrogens is 621 g/mol. The highest BCUT2D eigenvalue weighted by molar-refractivity contribution is 6.14. The van der Waals surface area contributed by atoms with Crippen LogP contribution in [0.4, 0.5) is 0 Å². The number of para-hydroxylation sites is 4. The second-order valence-electron chi connectivity index (χ2n) is 13.2. The van der Waals surface area contributed by atoms with Gasteiger partial charge in [0.15, 0.2) is 0 Å². The highest BCUT2D eigenvalue weighted by Crippen LogP contribution is 2.39. The number of hydrogen-bond acceptors (Lipinski definition) is 1. The first kappa shape index (κ1) is 28.0. The van der Waals surface area contributed by atoms with Gasteiger partial charge in [-0.2, -0.15) is 0 Å². The normalized spacial score (nSPS) is 11.9. The lowest BCUT2D eigenvalue weighted by Gasteiger charge is -2.11. The molecule has 0 aliphatic carbocycles. The van der Waals surface area contributed by atoms with Crippen LogP contribution >= 0.6 is 0 Å². The number of pyridine rings is 1. The summed E-state index contributed by atoms with van der Waals surface area (Å²) in [6.45, 7) is 0. The Morgan fingerprint density at radius 1 is 0.294 bits per heavy atom. The lowest BCUT2D eigenvalue weighted by atomic mass is 10.0. The summed E-state index contributed by atoms with van der Waals surface area (Å²) >= 11 is 0. The van der Waals surface area contributed by atoms with Gasteiger partial charge in [0.25, 0.3) is 0 Å². The van der Waals surface area contributed by atoms with Crippen LogP contribution < -0.4 is 0 Å². The predicted molar refractivity (Wildman–Crippen MR) is 213 cm³/mol. The molecule has 4 aromatic heterocycles. The zero-order chi connectivity index (χ0) is 33.5. The Morgan fingerprint density at radius 3 is 1.33 bits per heavy atom. The van der Waals surface area contributed by atoms with Crippen molar-refractivity contribution >= 4 is 65.4 Å². The molecule has 0 atom stereocenters. The third-order valence-corrected chi connectivity index (χ3v) is 10.5. The number of fused-ring (bicyclic) bond motifs is 9. The smallest absolute Gasteiger partial charge is 0.137 e. The molecule has 7 aromatic carbocycles. The first-order chi connectivity index (χ1) is 25.3. The SMILES string of the molecule is c1ccc(-n2c3ccccc3c3cc(-n4c5ccccc5c5cc(-c6ccc7c(c6)c6ccccc6n7-c6ccccn6)ccc54)ccc32)cc1. The predicted octanol–water partition coefficient (Wildman–Crippen LogP) is 12.0. The quantitative estimate of drug-likeness (QED) is 0.186. The molecule has 0 radical (unpaired) electrons. The second-order valence-corrected chi connectivity index (χ2v) is 13.2. The van der Waals surface area contributed by atoms with Crippen LogP contribution in [0.25, 0.3) is 93.7 Å². The molecule has 0 aliphatic rings. The minimum Gasteiger partial charge on any atom is -0.309 e. The maximum atomic E-state index is 4.70. The van der Waals surface area contributed by atoms with E-state index in [0.717, 1.165) is 22.5 Å². The largest absolute Gasteiger partial charge is 0.309 e. The van der Waals surface area contributed by atoms with Crippen LogP contribution in [0.1, 0.15) is 0 Å². The van der Waals surface area contributed by atoms with Gasteiger partial charge >= 0.3 is 0 Å². The van der Waals surface area contributed by atoms with Crippen molar-refractivity contribution < 1.29 is 0 Å². The lowest BCUT2D eigenvalue weighted by Crippen LogP contribution is -1.96. The van der Waals surface area contributed by atoms with Crippen molar-refractivity contribution in [1.82, 2.24) is 18.7 Å². The van der Waals surface area contributed by atoms with E-state index in [0.29, 0.717) is 0 Å². The number of benzene rings is 7. The summed E-state index contributed by atoms with van der Waals surface area (Å²) in [5.74, 6) is 0.925. The Bertz CT molecular complexity index is 3130. The Kier molecular flexibility index (Phi) is 5.92. The number of aromatic nitrogens is 4. The maximum absolute atomic E-state index is 4.70. The Balaban J connectivity index is 1.10. The maximum Gasteiger partial charge on any atom is 0.137 e. The molecule has 4 nitrogen and oxygen atoms in total. The molecule has 0 amide bonds. The van der Waals surface area contributed by atoms with Crippen LogP contribution in [-0.2, 0) is 0 Å². The molecule has 11 rings (SSSR count). The van der Waals surface area contributed by atoms with Gasteiger partial charge in [-0.05, 0) is 96.1 Å². The van der Waals surface area contributed by atoms with Crippen molar-refractivity contribution in [2.75, 3.05) is 0 Å². The van der Waals surface area contributed by atoms with Crippen LogP contribution in [-0.4, -0.2) is 18.7 Å². The van der Waals surface area contributed by atoms with E-state index in [1.807, 2.05) is 18.3 Å². The van der Waals surface area contributed by atoms with E-state index in [2.05, 4.69) is 177 Å². The standard InChI is InChI=1S/C47H30N4/c1-2-12-33(13-3-1)49-41-17-7-5-16-37(41)40-30-34(23-26-45(40)49)50-42-18-8-4-14-35(42)38-28-31(21-24-44(38)50)32-22-25-46-39(29-32)36-15-6-9-19-43(36)51(46)47-20-10-11-27-48-47/h1-30H. The molecule has 51 heavy (non-hydrogen) atoms. The van der Waals surface area contributed by atoms with Gasteiger partial charge in [0, 0.05) is 49.9 Å². The molecule has 4 heteroatoms. The Hall–Kier alpha value is -6.91. The van der Waals surface area contributed by atoms with Crippen LogP contribution in [0.15, 0.2) is 182 Å². The topological polar surface area (TPSA) is 27.7 Å². The fraction of sp³-hybridized carbons (Fsp3) is 0. The summed E-state index contributed by atoms with van der Waals surface area (Å²) in [5.41, 5.74) is 11.8. The third kappa shape index (κ3) is 4.11. The molecule has 0 fully saturated rings. The average Bonchev–Trinajstić information content (AvgIpc) is 3.83. The van der Waals surface area contributed by atoms with Crippen molar-refractivity contribution in [2.45, 2.75) is 0 Å². The van der Waals surface area contributed by atoms with Gasteiger partial charge in [0.05, 0.1) is 33.1 Å². The van der Waals surface area contributed by atoms with E-state index in [9.17, 15) is 0 Å². The summed E-state index contributed by atoms with van der Waals surface area (Å²) in [6, 6.07) is 63.5. The van der Waals surface area contributed by atoms with E-state index in [1.54, 1.807) is 0 Å². The minimum absolute atomic E-state index is 0.925. The van der Waals surface area contributed by atoms with Gasteiger partial charge in [-0.1, -0.05) is 91.0 Å². The van der Waals surface area contributed by atoms with Crippen LogP contribution in [0.3, 0.4) is 0 Å². The summed E-state index contributed by atoms with van der Waals surface area (Å²) in [5, 5.41) is 7.43. The molecule has 4 heterocycles. The number of nitrogens with zero attached hydrogens (tertiary/aromatic N) is 4. The summed E-state index contributed by atoms with van der Waals surface area (Å²) < 4.78 is 7.06. The van der Waals surface area contributed by atoms with E-state index >= 15 is 0 Å². The third-order valence-electron chi connectivity index (χ3n) is 10.5. The summed E-state index contributed by atoms with van der Waals surface area (Å²) in [7, 11) is 0. The van der Waals surface area contributed by atoms with Crippen LogP contribution in [0.5, 0.6) is 0 Å². The minimum atomic E-state index is 0.925. The zero-order valence-corrected chi connectivity index (χ0v) is 27.6. The van der Waals surface area contributed by atoms with Crippen LogP contribution in [0, 0.1) is 0 Å². The molecule has 0 aliphatic heterocycles. The number of hydrogen-bond donors (Lipinski definition) is 0. The molecular formula is C47H30N4. The lowest BCUT2D eigenvalue weighted by molar-refractivity contribution is 1.08. The fourth-order valence-electron chi connectivity index (χ4n) is 8.27. The van der Waals surface area contributed by atoms with Crippen molar-refractivity contribution in [2.24, 2.45) is 0 Å². The summed E-state index contributed by atoms with van der Waals surface area (Å²) in [4.78, 5) is 4.70. The monoisotopic (exact) mass is 650 g/mol. The highest BCUT2D eigenvalue weighted by Gasteiger charge is 2.18.